The van der Waals surface area contributed by atoms with Gasteiger partial charge in [0.25, 0.3) is 0 Å². The molecule has 3 N–H and O–H groups in total. The Morgan fingerprint density at radius 1 is 1.19 bits per heavy atom. The summed E-state index contributed by atoms with van der Waals surface area (Å²) < 4.78 is 1.82. The summed E-state index contributed by atoms with van der Waals surface area (Å²) in [6, 6.07) is 2.65. The normalized spacial score (nSPS) is 11.7. The number of pyridine rings is 1. The molecule has 0 radical (unpaired) electrons. The van der Waals surface area contributed by atoms with Crippen LogP contribution in [0.2, 0.25) is 0 Å². The molecular formula is C14H19N2O5+. The molecule has 1 rings (SSSR count). The molecule has 0 saturated carbocycles. The van der Waals surface area contributed by atoms with E-state index in [1.807, 2.05) is 36.0 Å². The lowest BCUT2D eigenvalue weighted by Crippen LogP contribution is -2.43. The number of amides is 1. The lowest BCUT2D eigenvalue weighted by molar-refractivity contribution is -0.695. The van der Waals surface area contributed by atoms with Crippen LogP contribution in [0.25, 0.3) is 0 Å². The minimum atomic E-state index is -1.23. The summed E-state index contributed by atoms with van der Waals surface area (Å²) in [6.45, 7) is 2.38. The molecule has 7 nitrogen and oxygen atoms in total. The number of hydrogen-bond acceptors (Lipinski definition) is 3. The summed E-state index contributed by atoms with van der Waals surface area (Å²) in [4.78, 5) is 33.1. The van der Waals surface area contributed by atoms with Crippen molar-refractivity contribution in [3.05, 3.63) is 30.1 Å². The number of carboxylic acids is 2. The fourth-order valence-electron chi connectivity index (χ4n) is 1.70. The quantitative estimate of drug-likeness (QED) is 0.590. The van der Waals surface area contributed by atoms with Crippen LogP contribution in [0.15, 0.2) is 24.5 Å². The lowest BCUT2D eigenvalue weighted by atomic mass is 10.1. The molecule has 0 fully saturated rings. The third-order valence-electron chi connectivity index (χ3n) is 2.94. The molecule has 1 aromatic rings. The van der Waals surface area contributed by atoms with Crippen molar-refractivity contribution in [2.45, 2.75) is 38.8 Å². The van der Waals surface area contributed by atoms with E-state index in [0.717, 1.165) is 5.56 Å². The third-order valence-corrected chi connectivity index (χ3v) is 2.94. The van der Waals surface area contributed by atoms with Crippen molar-refractivity contribution in [2.75, 3.05) is 0 Å². The zero-order chi connectivity index (χ0) is 15.8. The summed E-state index contributed by atoms with van der Waals surface area (Å²) in [5.41, 5.74) is 1.11. The maximum atomic E-state index is 11.7. The van der Waals surface area contributed by atoms with Gasteiger partial charge in [-0.15, -0.1) is 0 Å². The van der Waals surface area contributed by atoms with Crippen LogP contribution in [0.5, 0.6) is 0 Å². The van der Waals surface area contributed by atoms with Crippen molar-refractivity contribution in [3.63, 3.8) is 0 Å². The van der Waals surface area contributed by atoms with Crippen molar-refractivity contribution >= 4 is 17.8 Å². The van der Waals surface area contributed by atoms with E-state index in [0.29, 0.717) is 6.54 Å². The number of nitrogens with one attached hydrogen (secondary N) is 1. The Morgan fingerprint density at radius 3 is 2.33 bits per heavy atom. The second kappa shape index (κ2) is 7.98. The molecule has 0 spiro atoms. The predicted molar refractivity (Wildman–Crippen MR) is 72.4 cm³/mol. The number of aliphatic carboxylic acids is 2. The van der Waals surface area contributed by atoms with Crippen LogP contribution in [-0.4, -0.2) is 34.1 Å². The van der Waals surface area contributed by atoms with E-state index in [-0.39, 0.29) is 19.3 Å². The van der Waals surface area contributed by atoms with E-state index >= 15 is 0 Å². The molecule has 1 atom stereocenters. The highest BCUT2D eigenvalue weighted by molar-refractivity contribution is 5.83. The van der Waals surface area contributed by atoms with Crippen molar-refractivity contribution in [2.24, 2.45) is 0 Å². The Balaban J connectivity index is 2.44. The lowest BCUT2D eigenvalue weighted by Gasteiger charge is -2.12. The SMILES string of the molecule is Cc1cc[n+](CCC(=O)NC(CCC(=O)O)C(=O)O)cc1. The zero-order valence-electron chi connectivity index (χ0n) is 11.8. The maximum absolute atomic E-state index is 11.7. The third kappa shape index (κ3) is 6.51. The van der Waals surface area contributed by atoms with Crippen LogP contribution in [0.3, 0.4) is 0 Å². The number of aromatic nitrogens is 1. The zero-order valence-corrected chi connectivity index (χ0v) is 11.8. The highest BCUT2D eigenvalue weighted by atomic mass is 16.4. The highest BCUT2D eigenvalue weighted by Crippen LogP contribution is 1.99. The van der Waals surface area contributed by atoms with Gasteiger partial charge in [0.2, 0.25) is 5.91 Å². The molecule has 0 aromatic carbocycles. The van der Waals surface area contributed by atoms with Gasteiger partial charge in [0.15, 0.2) is 18.9 Å². The van der Waals surface area contributed by atoms with Crippen LogP contribution in [0.1, 0.15) is 24.8 Å². The number of rotatable bonds is 8. The average molecular weight is 295 g/mol. The van der Waals surface area contributed by atoms with E-state index in [2.05, 4.69) is 5.32 Å². The molecule has 0 saturated heterocycles. The molecule has 0 aliphatic heterocycles. The van der Waals surface area contributed by atoms with Crippen molar-refractivity contribution in [3.8, 4) is 0 Å². The molecule has 0 bridgehead atoms. The van der Waals surface area contributed by atoms with Crippen molar-refractivity contribution in [1.82, 2.24) is 5.32 Å². The van der Waals surface area contributed by atoms with Gasteiger partial charge < -0.3 is 15.5 Å². The van der Waals surface area contributed by atoms with E-state index in [9.17, 15) is 14.4 Å². The van der Waals surface area contributed by atoms with Gasteiger partial charge in [-0.1, -0.05) is 0 Å². The van der Waals surface area contributed by atoms with Gasteiger partial charge in [-0.2, -0.15) is 0 Å². The van der Waals surface area contributed by atoms with Crippen LogP contribution >= 0.6 is 0 Å². The van der Waals surface area contributed by atoms with Gasteiger partial charge >= 0.3 is 11.9 Å². The van der Waals surface area contributed by atoms with E-state index in [1.54, 1.807) is 0 Å². The number of hydrogen-bond donors (Lipinski definition) is 3. The summed E-state index contributed by atoms with van der Waals surface area (Å²) in [5, 5.41) is 19.8. The minimum absolute atomic E-state index is 0.130. The number of aryl methyl sites for hydroxylation is 2. The Hall–Kier alpha value is -2.44. The predicted octanol–water partition coefficient (Wildman–Crippen LogP) is 0.107. The summed E-state index contributed by atoms with van der Waals surface area (Å²) in [5.74, 6) is -2.74. The fraction of sp³-hybridized carbons (Fsp3) is 0.429. The molecule has 1 heterocycles. The summed E-state index contributed by atoms with van der Waals surface area (Å²) in [6.07, 6.45) is 3.37. The largest absolute Gasteiger partial charge is 0.481 e. The second-order valence-corrected chi connectivity index (χ2v) is 4.75. The van der Waals surface area contributed by atoms with E-state index in [4.69, 9.17) is 10.2 Å². The Morgan fingerprint density at radius 2 is 1.81 bits per heavy atom. The first-order chi connectivity index (χ1) is 9.88. The molecule has 114 valence electrons. The molecule has 1 unspecified atom stereocenters. The van der Waals surface area contributed by atoms with Gasteiger partial charge in [0, 0.05) is 18.6 Å². The van der Waals surface area contributed by atoms with Crippen LogP contribution < -0.4 is 9.88 Å². The average Bonchev–Trinajstić information content (AvgIpc) is 2.42. The Bertz CT molecular complexity index is 513. The second-order valence-electron chi connectivity index (χ2n) is 4.75. The van der Waals surface area contributed by atoms with Gasteiger partial charge in [0.05, 0.1) is 6.42 Å². The van der Waals surface area contributed by atoms with Crippen molar-refractivity contribution in [1.29, 1.82) is 0 Å². The molecule has 7 heteroatoms. The number of carboxylic acid groups (broad SMARTS) is 2. The van der Waals surface area contributed by atoms with Crippen LogP contribution in [0, 0.1) is 6.92 Å². The number of nitrogens with zero attached hydrogens (tertiary/aromatic N) is 1. The Kier molecular flexibility index (Phi) is 6.32. The van der Waals surface area contributed by atoms with Crippen LogP contribution in [-0.2, 0) is 20.9 Å². The van der Waals surface area contributed by atoms with Gasteiger partial charge in [-0.05, 0) is 18.9 Å². The molecule has 21 heavy (non-hydrogen) atoms. The molecule has 1 aromatic heterocycles. The molecular weight excluding hydrogens is 276 g/mol. The summed E-state index contributed by atoms with van der Waals surface area (Å²) >= 11 is 0. The first kappa shape index (κ1) is 16.6. The van der Waals surface area contributed by atoms with E-state index < -0.39 is 23.9 Å². The van der Waals surface area contributed by atoms with Gasteiger partial charge in [0.1, 0.15) is 6.04 Å². The first-order valence-electron chi connectivity index (χ1n) is 6.58. The number of carbonyl (C=O) groups excluding carboxylic acids is 1. The standard InChI is InChI=1S/C14H18N2O5/c1-10-4-7-16(8-5-10)9-6-12(17)15-11(14(20)21)2-3-13(18)19/h4-5,7-8,11H,2-3,6,9H2,1H3,(H2-,15,17,18,19,20,21)/p+1. The highest BCUT2D eigenvalue weighted by Gasteiger charge is 2.21. The fourth-order valence-corrected chi connectivity index (χ4v) is 1.70. The molecule has 0 aliphatic rings. The molecule has 1 amide bonds. The minimum Gasteiger partial charge on any atom is -0.481 e. The van der Waals surface area contributed by atoms with Gasteiger partial charge in [-0.25, -0.2) is 9.36 Å². The Labute approximate surface area is 122 Å². The molecule has 0 aliphatic carbocycles. The summed E-state index contributed by atoms with van der Waals surface area (Å²) in [7, 11) is 0. The van der Waals surface area contributed by atoms with Crippen LogP contribution in [0.4, 0.5) is 0 Å². The van der Waals surface area contributed by atoms with E-state index in [1.165, 1.54) is 0 Å². The van der Waals surface area contributed by atoms with Crippen molar-refractivity contribution < 1.29 is 29.2 Å². The maximum Gasteiger partial charge on any atom is 0.326 e. The van der Waals surface area contributed by atoms with Gasteiger partial charge in [-0.3, -0.25) is 9.59 Å². The first-order valence-corrected chi connectivity index (χ1v) is 6.58. The number of carbonyl (C=O) groups is 3. The monoisotopic (exact) mass is 295 g/mol. The smallest absolute Gasteiger partial charge is 0.326 e. The topological polar surface area (TPSA) is 108 Å².